The van der Waals surface area contributed by atoms with Crippen LogP contribution in [0.3, 0.4) is 0 Å². The molecule has 5 heteroatoms. The van der Waals surface area contributed by atoms with Gasteiger partial charge in [-0.2, -0.15) is 0 Å². The molecule has 98 valence electrons. The molecule has 4 nitrogen and oxygen atoms in total. The highest BCUT2D eigenvalue weighted by Gasteiger charge is 2.15. The Labute approximate surface area is 99.7 Å². The normalized spacial score (nSPS) is 14.3. The molecule has 0 radical (unpaired) electrons. The summed E-state index contributed by atoms with van der Waals surface area (Å²) in [6.45, 7) is 6.63. The minimum absolute atomic E-state index is 0.280. The minimum atomic E-state index is -2.84. The van der Waals surface area contributed by atoms with Crippen molar-refractivity contribution in [3.63, 3.8) is 0 Å². The van der Waals surface area contributed by atoms with Gasteiger partial charge >= 0.3 is 0 Å². The molecule has 1 N–H and O–H groups in total. The van der Waals surface area contributed by atoms with Crippen molar-refractivity contribution in [3.05, 3.63) is 0 Å². The Bertz CT molecular complexity index is 262. The second kappa shape index (κ2) is 8.03. The highest BCUT2D eigenvalue weighted by atomic mass is 32.2. The van der Waals surface area contributed by atoms with E-state index in [0.29, 0.717) is 18.4 Å². The molecule has 0 bridgehead atoms. The van der Waals surface area contributed by atoms with Gasteiger partial charge in [0.05, 0.1) is 12.4 Å². The molecule has 0 aliphatic heterocycles. The van der Waals surface area contributed by atoms with Crippen molar-refractivity contribution in [1.29, 1.82) is 0 Å². The summed E-state index contributed by atoms with van der Waals surface area (Å²) in [6.07, 6.45) is 2.03. The van der Waals surface area contributed by atoms with Crippen LogP contribution in [0.1, 0.15) is 20.3 Å². The average Bonchev–Trinajstić information content (AvgIpc) is 2.14. The molecule has 0 aromatic heterocycles. The van der Waals surface area contributed by atoms with Gasteiger partial charge in [-0.1, -0.05) is 13.8 Å². The second-order valence-corrected chi connectivity index (χ2v) is 6.88. The number of sulfone groups is 1. The molecule has 0 saturated heterocycles. The van der Waals surface area contributed by atoms with Crippen molar-refractivity contribution in [2.24, 2.45) is 11.8 Å². The summed E-state index contributed by atoms with van der Waals surface area (Å²) >= 11 is 0. The monoisotopic (exact) mass is 251 g/mol. The maximum absolute atomic E-state index is 11.1. The predicted octanol–water partition coefficient (Wildman–Crippen LogP) is 0.929. The van der Waals surface area contributed by atoms with Gasteiger partial charge in [-0.3, -0.25) is 0 Å². The second-order valence-electron chi connectivity index (χ2n) is 4.62. The molecule has 16 heavy (non-hydrogen) atoms. The Balaban J connectivity index is 3.89. The molecule has 0 rings (SSSR count). The number of ether oxygens (including phenoxy) is 1. The van der Waals surface area contributed by atoms with E-state index in [1.807, 2.05) is 0 Å². The maximum Gasteiger partial charge on any atom is 0.147 e. The maximum atomic E-state index is 11.1. The van der Waals surface area contributed by atoms with Crippen LogP contribution in [0.2, 0.25) is 0 Å². The third kappa shape index (κ3) is 9.12. The van der Waals surface area contributed by atoms with Gasteiger partial charge < -0.3 is 10.1 Å². The van der Waals surface area contributed by atoms with E-state index < -0.39 is 9.84 Å². The van der Waals surface area contributed by atoms with Gasteiger partial charge in [0.15, 0.2) is 0 Å². The van der Waals surface area contributed by atoms with E-state index in [1.165, 1.54) is 6.26 Å². The van der Waals surface area contributed by atoms with E-state index in [1.54, 1.807) is 7.11 Å². The fourth-order valence-electron chi connectivity index (χ4n) is 1.50. The summed E-state index contributed by atoms with van der Waals surface area (Å²) in [4.78, 5) is 0. The standard InChI is InChI=1S/C11H25NO3S/c1-10(2)11(5-8-16(4,13)14)9-12-6-7-15-3/h10-12H,5-9H2,1-4H3. The first-order valence-electron chi connectivity index (χ1n) is 5.74. The highest BCUT2D eigenvalue weighted by molar-refractivity contribution is 7.90. The fourth-order valence-corrected chi connectivity index (χ4v) is 2.23. The number of hydrogen-bond acceptors (Lipinski definition) is 4. The Morgan fingerprint density at radius 2 is 1.94 bits per heavy atom. The van der Waals surface area contributed by atoms with Crippen molar-refractivity contribution in [3.8, 4) is 0 Å². The molecule has 1 atom stereocenters. The van der Waals surface area contributed by atoms with Crippen LogP contribution in [0.4, 0.5) is 0 Å². The summed E-state index contributed by atoms with van der Waals surface area (Å²) in [7, 11) is -1.17. The van der Waals surface area contributed by atoms with Gasteiger partial charge in [-0.15, -0.1) is 0 Å². The van der Waals surface area contributed by atoms with Gasteiger partial charge in [0.1, 0.15) is 9.84 Å². The van der Waals surface area contributed by atoms with Crippen LogP contribution in [0.25, 0.3) is 0 Å². The zero-order valence-corrected chi connectivity index (χ0v) is 11.6. The molecule has 0 aliphatic carbocycles. The van der Waals surface area contributed by atoms with Crippen molar-refractivity contribution in [2.45, 2.75) is 20.3 Å². The van der Waals surface area contributed by atoms with Crippen LogP contribution >= 0.6 is 0 Å². The Hall–Kier alpha value is -0.130. The molecule has 0 aromatic carbocycles. The molecular formula is C11H25NO3S. The molecule has 0 amide bonds. The lowest BCUT2D eigenvalue weighted by molar-refractivity contribution is 0.196. The fraction of sp³-hybridized carbons (Fsp3) is 1.00. The lowest BCUT2D eigenvalue weighted by atomic mass is 9.93. The van der Waals surface area contributed by atoms with E-state index >= 15 is 0 Å². The third-order valence-electron chi connectivity index (χ3n) is 2.69. The smallest absolute Gasteiger partial charge is 0.147 e. The lowest BCUT2D eigenvalue weighted by Crippen LogP contribution is -2.30. The van der Waals surface area contributed by atoms with E-state index in [2.05, 4.69) is 19.2 Å². The first-order valence-corrected chi connectivity index (χ1v) is 7.80. The van der Waals surface area contributed by atoms with E-state index in [9.17, 15) is 8.42 Å². The zero-order valence-electron chi connectivity index (χ0n) is 10.8. The van der Waals surface area contributed by atoms with E-state index in [-0.39, 0.29) is 5.75 Å². The molecule has 0 spiro atoms. The first-order chi connectivity index (χ1) is 7.37. The molecule has 1 unspecified atom stereocenters. The SMILES string of the molecule is COCCNCC(CCS(C)(=O)=O)C(C)C. The molecule has 0 heterocycles. The highest BCUT2D eigenvalue weighted by Crippen LogP contribution is 2.15. The molecule has 0 aromatic rings. The summed E-state index contributed by atoms with van der Waals surface area (Å²) in [5.74, 6) is 1.19. The van der Waals surface area contributed by atoms with Crippen molar-refractivity contribution in [1.82, 2.24) is 5.32 Å². The summed E-state index contributed by atoms with van der Waals surface area (Å²) in [5.41, 5.74) is 0. The first kappa shape index (κ1) is 15.9. The summed E-state index contributed by atoms with van der Waals surface area (Å²) in [6, 6.07) is 0. The molecule has 0 aliphatic rings. The van der Waals surface area contributed by atoms with Crippen LogP contribution in [0.15, 0.2) is 0 Å². The average molecular weight is 251 g/mol. The number of rotatable bonds is 9. The van der Waals surface area contributed by atoms with Crippen molar-refractivity contribution in [2.75, 3.05) is 38.8 Å². The zero-order chi connectivity index (χ0) is 12.6. The molecule has 0 saturated carbocycles. The predicted molar refractivity (Wildman–Crippen MR) is 67.4 cm³/mol. The van der Waals surface area contributed by atoms with Crippen LogP contribution in [-0.2, 0) is 14.6 Å². The number of methoxy groups -OCH3 is 1. The summed E-state index contributed by atoms with van der Waals surface area (Å²) in [5, 5.41) is 3.28. The van der Waals surface area contributed by atoms with Crippen LogP contribution in [0, 0.1) is 11.8 Å². The molecular weight excluding hydrogens is 226 g/mol. The number of nitrogens with one attached hydrogen (secondary N) is 1. The van der Waals surface area contributed by atoms with Crippen LogP contribution in [-0.4, -0.2) is 47.2 Å². The van der Waals surface area contributed by atoms with Crippen molar-refractivity contribution >= 4 is 9.84 Å². The van der Waals surface area contributed by atoms with E-state index in [4.69, 9.17) is 4.74 Å². The van der Waals surface area contributed by atoms with Crippen LogP contribution < -0.4 is 5.32 Å². The Kier molecular flexibility index (Phi) is 7.97. The van der Waals surface area contributed by atoms with Crippen LogP contribution in [0.5, 0.6) is 0 Å². The van der Waals surface area contributed by atoms with Crippen molar-refractivity contribution < 1.29 is 13.2 Å². The van der Waals surface area contributed by atoms with E-state index in [0.717, 1.165) is 19.5 Å². The summed E-state index contributed by atoms with van der Waals surface area (Å²) < 4.78 is 27.1. The Morgan fingerprint density at radius 1 is 1.31 bits per heavy atom. The van der Waals surface area contributed by atoms with Gasteiger partial charge in [-0.25, -0.2) is 8.42 Å². The quantitative estimate of drug-likeness (QED) is 0.619. The van der Waals surface area contributed by atoms with Gasteiger partial charge in [0, 0.05) is 19.9 Å². The minimum Gasteiger partial charge on any atom is -0.383 e. The van der Waals surface area contributed by atoms with Gasteiger partial charge in [-0.05, 0) is 24.8 Å². The number of hydrogen-bond donors (Lipinski definition) is 1. The molecule has 0 fully saturated rings. The largest absolute Gasteiger partial charge is 0.383 e. The van der Waals surface area contributed by atoms with Gasteiger partial charge in [0.2, 0.25) is 0 Å². The lowest BCUT2D eigenvalue weighted by Gasteiger charge is -2.20. The third-order valence-corrected chi connectivity index (χ3v) is 3.67. The topological polar surface area (TPSA) is 55.4 Å². The van der Waals surface area contributed by atoms with Gasteiger partial charge in [0.25, 0.3) is 0 Å². The Morgan fingerprint density at radius 3 is 2.38 bits per heavy atom.